The smallest absolute Gasteiger partial charge is 0.142 e. The predicted octanol–water partition coefficient (Wildman–Crippen LogP) is 2.51. The van der Waals surface area contributed by atoms with Crippen LogP contribution in [0.1, 0.15) is 36.2 Å². The second-order valence-electron chi connectivity index (χ2n) is 9.16. The van der Waals surface area contributed by atoms with Gasteiger partial charge in [0.05, 0.1) is 23.4 Å². The van der Waals surface area contributed by atoms with Gasteiger partial charge in [0, 0.05) is 50.5 Å². The minimum Gasteiger partial charge on any atom is -0.370 e. The first-order valence-electron chi connectivity index (χ1n) is 11.1. The number of benzene rings is 1. The Hall–Kier alpha value is -3.08. The lowest BCUT2D eigenvalue weighted by molar-refractivity contribution is 0.134. The molecule has 7 heteroatoms. The summed E-state index contributed by atoms with van der Waals surface area (Å²) in [7, 11) is 0. The van der Waals surface area contributed by atoms with Gasteiger partial charge in [-0.05, 0) is 54.8 Å². The molecule has 0 unspecified atom stereocenters. The van der Waals surface area contributed by atoms with Gasteiger partial charge in [0.15, 0.2) is 0 Å². The highest BCUT2D eigenvalue weighted by molar-refractivity contribution is 5.74. The Balaban J connectivity index is 1.32. The lowest BCUT2D eigenvalue weighted by atomic mass is 10.0. The maximum absolute atomic E-state index is 9.40. The molecule has 6 rings (SSSR count). The Morgan fingerprint density at radius 3 is 2.81 bits per heavy atom. The molecule has 2 aromatic heterocycles. The maximum atomic E-state index is 9.40. The van der Waals surface area contributed by atoms with Crippen LogP contribution < -0.4 is 15.5 Å². The van der Waals surface area contributed by atoms with Crippen molar-refractivity contribution in [3.05, 3.63) is 59.4 Å². The van der Waals surface area contributed by atoms with Crippen LogP contribution in [0.4, 0.5) is 11.4 Å². The first-order valence-corrected chi connectivity index (χ1v) is 11.1. The van der Waals surface area contributed by atoms with Crippen molar-refractivity contribution in [3.8, 4) is 6.07 Å². The summed E-state index contributed by atoms with van der Waals surface area (Å²) in [5, 5.41) is 13.8. The molecule has 0 spiro atoms. The van der Waals surface area contributed by atoms with Gasteiger partial charge in [-0.15, -0.1) is 0 Å². The van der Waals surface area contributed by atoms with Gasteiger partial charge in [0.1, 0.15) is 11.8 Å². The minimum absolute atomic E-state index is 0.293. The Labute approximate surface area is 182 Å². The molecule has 0 radical (unpaired) electrons. The van der Waals surface area contributed by atoms with Crippen LogP contribution in [0.5, 0.6) is 0 Å². The second kappa shape index (κ2) is 6.98. The lowest BCUT2D eigenvalue weighted by Gasteiger charge is -2.43. The van der Waals surface area contributed by atoms with Crippen molar-refractivity contribution in [2.24, 2.45) is 5.73 Å². The Kier molecular flexibility index (Phi) is 4.20. The molecule has 3 aromatic rings. The number of anilines is 2. The highest BCUT2D eigenvalue weighted by Crippen LogP contribution is 2.42. The Bertz CT molecular complexity index is 1190. The monoisotopic (exact) mass is 413 g/mol. The fourth-order valence-corrected chi connectivity index (χ4v) is 5.68. The molecule has 2 fully saturated rings. The van der Waals surface area contributed by atoms with Crippen LogP contribution in [0, 0.1) is 11.3 Å². The Morgan fingerprint density at radius 2 is 2.00 bits per heavy atom. The fourth-order valence-electron chi connectivity index (χ4n) is 5.68. The first-order chi connectivity index (χ1) is 15.1. The van der Waals surface area contributed by atoms with Crippen molar-refractivity contribution in [2.75, 3.05) is 36.0 Å². The van der Waals surface area contributed by atoms with Crippen molar-refractivity contribution < 1.29 is 0 Å². The zero-order chi connectivity index (χ0) is 21.1. The molecule has 1 aromatic carbocycles. The van der Waals surface area contributed by atoms with Crippen molar-refractivity contribution in [1.82, 2.24) is 14.5 Å². The normalized spacial score (nSPS) is 25.6. The van der Waals surface area contributed by atoms with Gasteiger partial charge in [-0.2, -0.15) is 10.4 Å². The van der Waals surface area contributed by atoms with Crippen molar-refractivity contribution in [2.45, 2.75) is 38.0 Å². The van der Waals surface area contributed by atoms with E-state index in [4.69, 9.17) is 5.73 Å². The molecule has 0 aliphatic carbocycles. The highest BCUT2D eigenvalue weighted by Gasteiger charge is 2.39. The third-order valence-electron chi connectivity index (χ3n) is 7.26. The number of hydrogen-bond acceptors (Lipinski definition) is 6. The summed E-state index contributed by atoms with van der Waals surface area (Å²) >= 11 is 0. The topological polar surface area (TPSA) is 76.8 Å². The standard InChI is InChI=1S/C24H27N7/c1-16-12-29(22-5-3-20(11-25)31-23(22)6-8-27-31)15-24-21-4-2-19(10-17(21)13-30(16)24)28-9-7-18(26)14-28/h2-6,8,10,16,18,24H,7,9,12-15,26H2,1H3/t16-,18-,24-/m1/s1. The summed E-state index contributed by atoms with van der Waals surface area (Å²) in [4.78, 5) is 7.52. The van der Waals surface area contributed by atoms with Gasteiger partial charge in [-0.1, -0.05) is 6.07 Å². The first kappa shape index (κ1) is 18.7. The number of nitrogens with two attached hydrogens (primary N) is 1. The molecule has 3 aliphatic rings. The number of fused-ring (bicyclic) bond motifs is 4. The SMILES string of the molecule is C[C@@H]1CN(c2ccc(C#N)n3nccc23)C[C@@H]2c3ccc(N4CC[C@@H](N)C4)cc3CN12. The van der Waals surface area contributed by atoms with Crippen LogP contribution in [0.15, 0.2) is 42.6 Å². The molecule has 2 N–H and O–H groups in total. The number of hydrogen-bond donors (Lipinski definition) is 1. The van der Waals surface area contributed by atoms with Crippen molar-refractivity contribution in [1.29, 1.82) is 5.26 Å². The molecule has 0 saturated carbocycles. The predicted molar refractivity (Wildman–Crippen MR) is 121 cm³/mol. The summed E-state index contributed by atoms with van der Waals surface area (Å²) in [6, 6.07) is 16.3. The zero-order valence-electron chi connectivity index (χ0n) is 17.8. The molecule has 2 saturated heterocycles. The van der Waals surface area contributed by atoms with Crippen LogP contribution in [0.3, 0.4) is 0 Å². The summed E-state index contributed by atoms with van der Waals surface area (Å²) in [6.45, 7) is 7.25. The van der Waals surface area contributed by atoms with E-state index in [1.807, 2.05) is 12.1 Å². The fraction of sp³-hybridized carbons (Fsp3) is 0.417. The van der Waals surface area contributed by atoms with E-state index in [9.17, 15) is 5.26 Å². The number of rotatable bonds is 2. The largest absolute Gasteiger partial charge is 0.370 e. The number of piperazine rings is 1. The average molecular weight is 414 g/mol. The van der Waals surface area contributed by atoms with E-state index in [-0.39, 0.29) is 0 Å². The molecule has 3 atom stereocenters. The third-order valence-corrected chi connectivity index (χ3v) is 7.26. The number of aromatic nitrogens is 2. The number of pyridine rings is 1. The van der Waals surface area contributed by atoms with E-state index in [0.717, 1.165) is 50.3 Å². The zero-order valence-corrected chi connectivity index (χ0v) is 17.8. The van der Waals surface area contributed by atoms with Crippen molar-refractivity contribution in [3.63, 3.8) is 0 Å². The molecule has 0 amide bonds. The van der Waals surface area contributed by atoms with Crippen LogP contribution in [-0.2, 0) is 6.54 Å². The minimum atomic E-state index is 0.293. The molecule has 7 nitrogen and oxygen atoms in total. The van der Waals surface area contributed by atoms with E-state index >= 15 is 0 Å². The van der Waals surface area contributed by atoms with Gasteiger partial charge in [0.25, 0.3) is 0 Å². The second-order valence-corrected chi connectivity index (χ2v) is 9.16. The highest BCUT2D eigenvalue weighted by atomic mass is 15.3. The van der Waals surface area contributed by atoms with Crippen LogP contribution in [0.25, 0.3) is 5.52 Å². The molecular weight excluding hydrogens is 386 g/mol. The molecule has 158 valence electrons. The van der Waals surface area contributed by atoms with E-state index in [1.165, 1.54) is 16.8 Å². The van der Waals surface area contributed by atoms with Gasteiger partial charge >= 0.3 is 0 Å². The lowest BCUT2D eigenvalue weighted by Crippen LogP contribution is -2.51. The van der Waals surface area contributed by atoms with Crippen LogP contribution in [-0.4, -0.2) is 52.8 Å². The molecule has 5 heterocycles. The van der Waals surface area contributed by atoms with Crippen molar-refractivity contribution >= 4 is 16.9 Å². The summed E-state index contributed by atoms with van der Waals surface area (Å²) in [5.74, 6) is 0. The molecule has 3 aliphatic heterocycles. The van der Waals surface area contributed by atoms with E-state index in [2.05, 4.69) is 57.1 Å². The summed E-state index contributed by atoms with van der Waals surface area (Å²) in [5.41, 5.74) is 13.1. The number of nitriles is 1. The van der Waals surface area contributed by atoms with Crippen LogP contribution in [0.2, 0.25) is 0 Å². The maximum Gasteiger partial charge on any atom is 0.142 e. The van der Waals surface area contributed by atoms with E-state index in [0.29, 0.717) is 23.8 Å². The van der Waals surface area contributed by atoms with Gasteiger partial charge in [-0.3, -0.25) is 4.90 Å². The third kappa shape index (κ3) is 2.90. The Morgan fingerprint density at radius 1 is 1.10 bits per heavy atom. The van der Waals surface area contributed by atoms with Gasteiger partial charge < -0.3 is 15.5 Å². The van der Waals surface area contributed by atoms with E-state index in [1.54, 1.807) is 10.7 Å². The van der Waals surface area contributed by atoms with Gasteiger partial charge in [-0.25, -0.2) is 4.52 Å². The molecule has 31 heavy (non-hydrogen) atoms. The average Bonchev–Trinajstić information content (AvgIpc) is 3.51. The summed E-state index contributed by atoms with van der Waals surface area (Å²) in [6.07, 6.45) is 2.85. The number of nitrogens with zero attached hydrogens (tertiary/aromatic N) is 6. The molecular formula is C24H27N7. The molecule has 0 bridgehead atoms. The van der Waals surface area contributed by atoms with Crippen LogP contribution >= 0.6 is 0 Å². The van der Waals surface area contributed by atoms with Gasteiger partial charge in [0.2, 0.25) is 0 Å². The van der Waals surface area contributed by atoms with E-state index < -0.39 is 0 Å². The quantitative estimate of drug-likeness (QED) is 0.696. The summed E-state index contributed by atoms with van der Waals surface area (Å²) < 4.78 is 1.75.